The van der Waals surface area contributed by atoms with Crippen LogP contribution in [0.5, 0.6) is 0 Å². The SMILES string of the molecule is Cc1ccc2cccc(C(=O)NCCc3ccc(CO)cc3)c2n1. The van der Waals surface area contributed by atoms with E-state index in [4.69, 9.17) is 5.11 Å². The molecule has 0 aliphatic carbocycles. The molecule has 2 aromatic carbocycles. The lowest BCUT2D eigenvalue weighted by atomic mass is 10.1. The van der Waals surface area contributed by atoms with Gasteiger partial charge in [-0.05, 0) is 36.6 Å². The summed E-state index contributed by atoms with van der Waals surface area (Å²) in [6.45, 7) is 2.52. The molecule has 3 rings (SSSR count). The number of nitrogens with zero attached hydrogens (tertiary/aromatic N) is 1. The van der Waals surface area contributed by atoms with E-state index in [2.05, 4.69) is 10.3 Å². The summed E-state index contributed by atoms with van der Waals surface area (Å²) in [5.41, 5.74) is 4.25. The van der Waals surface area contributed by atoms with E-state index in [1.165, 1.54) is 0 Å². The molecule has 0 bridgehead atoms. The molecule has 1 amide bonds. The second-order valence-electron chi connectivity index (χ2n) is 5.81. The predicted octanol–water partition coefficient (Wildman–Crippen LogP) is 3.01. The molecule has 0 aliphatic rings. The number of aryl methyl sites for hydroxylation is 1. The molecule has 1 aromatic heterocycles. The normalized spacial score (nSPS) is 10.8. The number of hydrogen-bond donors (Lipinski definition) is 2. The van der Waals surface area contributed by atoms with Gasteiger partial charge in [-0.3, -0.25) is 9.78 Å². The third-order valence-corrected chi connectivity index (χ3v) is 4.01. The van der Waals surface area contributed by atoms with Crippen LogP contribution in [0.3, 0.4) is 0 Å². The fourth-order valence-electron chi connectivity index (χ4n) is 2.65. The molecule has 1 heterocycles. The van der Waals surface area contributed by atoms with Gasteiger partial charge >= 0.3 is 0 Å². The first-order valence-corrected chi connectivity index (χ1v) is 8.00. The van der Waals surface area contributed by atoms with Crippen molar-refractivity contribution in [2.24, 2.45) is 0 Å². The van der Waals surface area contributed by atoms with Gasteiger partial charge < -0.3 is 10.4 Å². The van der Waals surface area contributed by atoms with E-state index < -0.39 is 0 Å². The maximum absolute atomic E-state index is 12.5. The van der Waals surface area contributed by atoms with E-state index in [-0.39, 0.29) is 12.5 Å². The first-order valence-electron chi connectivity index (χ1n) is 8.00. The van der Waals surface area contributed by atoms with Gasteiger partial charge in [0.15, 0.2) is 0 Å². The molecular weight excluding hydrogens is 300 g/mol. The number of rotatable bonds is 5. The Bertz CT molecular complexity index is 857. The van der Waals surface area contributed by atoms with Crippen LogP contribution in [0.1, 0.15) is 27.2 Å². The van der Waals surface area contributed by atoms with Gasteiger partial charge in [0.25, 0.3) is 5.91 Å². The largest absolute Gasteiger partial charge is 0.392 e. The lowest BCUT2D eigenvalue weighted by molar-refractivity contribution is 0.0955. The molecule has 3 aromatic rings. The molecule has 0 saturated heterocycles. The second kappa shape index (κ2) is 7.23. The Morgan fingerprint density at radius 3 is 2.54 bits per heavy atom. The summed E-state index contributed by atoms with van der Waals surface area (Å²) in [5.74, 6) is -0.106. The van der Waals surface area contributed by atoms with Crippen LogP contribution < -0.4 is 5.32 Å². The molecule has 4 nitrogen and oxygen atoms in total. The highest BCUT2D eigenvalue weighted by Gasteiger charge is 2.10. The molecule has 0 spiro atoms. The van der Waals surface area contributed by atoms with E-state index in [1.807, 2.05) is 55.5 Å². The van der Waals surface area contributed by atoms with Crippen LogP contribution in [-0.2, 0) is 13.0 Å². The van der Waals surface area contributed by atoms with E-state index in [9.17, 15) is 4.79 Å². The molecule has 0 atom stereocenters. The number of benzene rings is 2. The van der Waals surface area contributed by atoms with Gasteiger partial charge in [-0.1, -0.05) is 42.5 Å². The smallest absolute Gasteiger partial charge is 0.253 e. The second-order valence-corrected chi connectivity index (χ2v) is 5.81. The number of nitrogens with one attached hydrogen (secondary N) is 1. The Hall–Kier alpha value is -2.72. The number of carbonyl (C=O) groups excluding carboxylic acids is 1. The minimum Gasteiger partial charge on any atom is -0.392 e. The Kier molecular flexibility index (Phi) is 4.87. The number of aliphatic hydroxyl groups excluding tert-OH is 1. The van der Waals surface area contributed by atoms with Crippen LogP contribution in [0.25, 0.3) is 10.9 Å². The van der Waals surface area contributed by atoms with E-state index in [0.29, 0.717) is 12.1 Å². The summed E-state index contributed by atoms with van der Waals surface area (Å²) in [6, 6.07) is 17.3. The van der Waals surface area contributed by atoms with Crippen LogP contribution in [0, 0.1) is 6.92 Å². The van der Waals surface area contributed by atoms with Gasteiger partial charge in [0.1, 0.15) is 0 Å². The summed E-state index contributed by atoms with van der Waals surface area (Å²) >= 11 is 0. The Labute approximate surface area is 141 Å². The number of amides is 1. The maximum Gasteiger partial charge on any atom is 0.253 e. The highest BCUT2D eigenvalue weighted by molar-refractivity contribution is 6.05. The average molecular weight is 320 g/mol. The molecular formula is C20H20N2O2. The van der Waals surface area contributed by atoms with Crippen molar-refractivity contribution in [3.63, 3.8) is 0 Å². The summed E-state index contributed by atoms with van der Waals surface area (Å²) in [6.07, 6.45) is 0.745. The summed E-state index contributed by atoms with van der Waals surface area (Å²) in [4.78, 5) is 17.0. The summed E-state index contributed by atoms with van der Waals surface area (Å²) < 4.78 is 0. The minimum absolute atomic E-state index is 0.0461. The lowest BCUT2D eigenvalue weighted by Gasteiger charge is -2.08. The van der Waals surface area contributed by atoms with Crippen LogP contribution in [0.15, 0.2) is 54.6 Å². The quantitative estimate of drug-likeness (QED) is 0.759. The zero-order valence-electron chi connectivity index (χ0n) is 13.6. The molecule has 0 fully saturated rings. The van der Waals surface area contributed by atoms with Gasteiger partial charge in [-0.25, -0.2) is 0 Å². The van der Waals surface area contributed by atoms with Crippen molar-refractivity contribution in [1.29, 1.82) is 0 Å². The van der Waals surface area contributed by atoms with E-state index in [1.54, 1.807) is 6.07 Å². The van der Waals surface area contributed by atoms with E-state index >= 15 is 0 Å². The van der Waals surface area contributed by atoms with Gasteiger partial charge in [-0.15, -0.1) is 0 Å². The van der Waals surface area contributed by atoms with Gasteiger partial charge in [0.2, 0.25) is 0 Å². The molecule has 0 aliphatic heterocycles. The fourth-order valence-corrected chi connectivity index (χ4v) is 2.65. The number of aromatic nitrogens is 1. The van der Waals surface area contributed by atoms with Crippen molar-refractivity contribution in [3.8, 4) is 0 Å². The first kappa shape index (κ1) is 16.1. The fraction of sp³-hybridized carbons (Fsp3) is 0.200. The molecule has 24 heavy (non-hydrogen) atoms. The van der Waals surface area contributed by atoms with Crippen molar-refractivity contribution in [3.05, 3.63) is 77.0 Å². The Morgan fingerprint density at radius 2 is 1.79 bits per heavy atom. The Balaban J connectivity index is 1.67. The number of fused-ring (bicyclic) bond motifs is 1. The highest BCUT2D eigenvalue weighted by Crippen LogP contribution is 2.17. The molecule has 0 unspecified atom stereocenters. The molecule has 122 valence electrons. The van der Waals surface area contributed by atoms with Gasteiger partial charge in [0.05, 0.1) is 17.7 Å². The van der Waals surface area contributed by atoms with Crippen molar-refractivity contribution < 1.29 is 9.90 Å². The maximum atomic E-state index is 12.5. The van der Waals surface area contributed by atoms with E-state index in [0.717, 1.165) is 34.1 Å². The zero-order valence-corrected chi connectivity index (χ0v) is 13.6. The molecule has 0 radical (unpaired) electrons. The topological polar surface area (TPSA) is 62.2 Å². The number of hydrogen-bond acceptors (Lipinski definition) is 3. The van der Waals surface area contributed by atoms with Crippen LogP contribution in [-0.4, -0.2) is 22.5 Å². The van der Waals surface area contributed by atoms with Crippen LogP contribution >= 0.6 is 0 Å². The average Bonchev–Trinajstić information content (AvgIpc) is 2.61. The number of pyridine rings is 1. The number of para-hydroxylation sites is 1. The van der Waals surface area contributed by atoms with Gasteiger partial charge in [0, 0.05) is 17.6 Å². The summed E-state index contributed by atoms with van der Waals surface area (Å²) in [5, 5.41) is 13.0. The first-order chi connectivity index (χ1) is 11.7. The van der Waals surface area contributed by atoms with Crippen molar-refractivity contribution in [1.82, 2.24) is 10.3 Å². The van der Waals surface area contributed by atoms with Crippen molar-refractivity contribution in [2.75, 3.05) is 6.54 Å². The predicted molar refractivity (Wildman–Crippen MR) is 94.9 cm³/mol. The molecule has 0 saturated carbocycles. The van der Waals surface area contributed by atoms with Gasteiger partial charge in [-0.2, -0.15) is 0 Å². The van der Waals surface area contributed by atoms with Crippen LogP contribution in [0.4, 0.5) is 0 Å². The van der Waals surface area contributed by atoms with Crippen molar-refractivity contribution in [2.45, 2.75) is 20.0 Å². The number of aliphatic hydroxyl groups is 1. The third kappa shape index (κ3) is 3.60. The summed E-state index contributed by atoms with van der Waals surface area (Å²) in [7, 11) is 0. The standard InChI is InChI=1S/C20H20N2O2/c1-14-5-10-17-3-2-4-18(19(17)22-14)20(24)21-12-11-15-6-8-16(13-23)9-7-15/h2-10,23H,11-13H2,1H3,(H,21,24). The number of carbonyl (C=O) groups is 1. The Morgan fingerprint density at radius 1 is 1.04 bits per heavy atom. The van der Waals surface area contributed by atoms with Crippen LogP contribution in [0.2, 0.25) is 0 Å². The third-order valence-electron chi connectivity index (χ3n) is 4.01. The monoisotopic (exact) mass is 320 g/mol. The molecule has 2 N–H and O–H groups in total. The zero-order chi connectivity index (χ0) is 16.9. The minimum atomic E-state index is -0.106. The highest BCUT2D eigenvalue weighted by atomic mass is 16.3. The lowest BCUT2D eigenvalue weighted by Crippen LogP contribution is -2.26. The van der Waals surface area contributed by atoms with Crippen molar-refractivity contribution >= 4 is 16.8 Å². The molecule has 4 heteroatoms.